The lowest BCUT2D eigenvalue weighted by Gasteiger charge is -2.28. The number of amides is 1. The molecule has 0 saturated heterocycles. The first kappa shape index (κ1) is 12.9. The Labute approximate surface area is 110 Å². The molecule has 0 bridgehead atoms. The Morgan fingerprint density at radius 2 is 2.35 bits per heavy atom. The van der Waals surface area contributed by atoms with Gasteiger partial charge in [-0.3, -0.25) is 4.79 Å². The fraction of sp³-hybridized carbons (Fsp3) is 0.583. The molecule has 1 aromatic heterocycles. The van der Waals surface area contributed by atoms with Crippen LogP contribution in [0.1, 0.15) is 25.7 Å². The Morgan fingerprint density at radius 1 is 1.53 bits per heavy atom. The molecule has 3 nitrogen and oxygen atoms in total. The van der Waals surface area contributed by atoms with Crippen LogP contribution in [0.3, 0.4) is 0 Å². The summed E-state index contributed by atoms with van der Waals surface area (Å²) in [5.74, 6) is 0.457. The predicted octanol–water partition coefficient (Wildman–Crippen LogP) is 2.26. The van der Waals surface area contributed by atoms with Crippen LogP contribution in [0.5, 0.6) is 0 Å². The Hall–Kier alpha value is -0.520. The van der Waals surface area contributed by atoms with Gasteiger partial charge in [0.25, 0.3) is 0 Å². The van der Waals surface area contributed by atoms with Crippen LogP contribution in [0.2, 0.25) is 0 Å². The van der Waals surface area contributed by atoms with Crippen molar-refractivity contribution >= 4 is 29.0 Å². The van der Waals surface area contributed by atoms with Crippen LogP contribution in [0, 0.1) is 0 Å². The van der Waals surface area contributed by atoms with E-state index in [1.54, 1.807) is 23.1 Å². The molecule has 1 aliphatic carbocycles. The van der Waals surface area contributed by atoms with Crippen molar-refractivity contribution in [1.82, 2.24) is 5.32 Å². The smallest absolute Gasteiger partial charge is 0.230 e. The number of aliphatic hydroxyl groups is 1. The number of aliphatic hydroxyl groups excluding tert-OH is 1. The topological polar surface area (TPSA) is 49.3 Å². The Morgan fingerprint density at radius 3 is 3.06 bits per heavy atom. The molecule has 1 amide bonds. The van der Waals surface area contributed by atoms with Crippen molar-refractivity contribution < 1.29 is 9.90 Å². The minimum Gasteiger partial charge on any atom is -0.391 e. The molecule has 0 aromatic carbocycles. The minimum atomic E-state index is -0.362. The summed E-state index contributed by atoms with van der Waals surface area (Å²) >= 11 is 3.19. The van der Waals surface area contributed by atoms with Gasteiger partial charge >= 0.3 is 0 Å². The number of hydrogen-bond acceptors (Lipinski definition) is 4. The third-order valence-electron chi connectivity index (χ3n) is 2.92. The van der Waals surface area contributed by atoms with Gasteiger partial charge in [-0.1, -0.05) is 18.9 Å². The quantitative estimate of drug-likeness (QED) is 0.826. The van der Waals surface area contributed by atoms with Gasteiger partial charge in [0.2, 0.25) is 5.91 Å². The van der Waals surface area contributed by atoms with Crippen LogP contribution in [-0.2, 0) is 4.79 Å². The molecule has 1 heterocycles. The average Bonchev–Trinajstić information content (AvgIpc) is 2.82. The van der Waals surface area contributed by atoms with Gasteiger partial charge in [-0.25, -0.2) is 0 Å². The average molecular weight is 271 g/mol. The first-order valence-corrected chi connectivity index (χ1v) is 7.76. The maximum atomic E-state index is 11.7. The lowest BCUT2D eigenvalue weighted by Crippen LogP contribution is -2.45. The molecule has 0 aliphatic heterocycles. The van der Waals surface area contributed by atoms with E-state index < -0.39 is 0 Å². The van der Waals surface area contributed by atoms with Gasteiger partial charge in [0.15, 0.2) is 0 Å². The second-order valence-electron chi connectivity index (χ2n) is 4.25. The molecule has 1 saturated carbocycles. The van der Waals surface area contributed by atoms with Crippen molar-refractivity contribution in [2.45, 2.75) is 42.0 Å². The number of thiophene rings is 1. The van der Waals surface area contributed by atoms with Gasteiger partial charge in [0, 0.05) is 0 Å². The summed E-state index contributed by atoms with van der Waals surface area (Å²) in [6, 6.07) is 3.95. The lowest BCUT2D eigenvalue weighted by molar-refractivity contribution is -0.120. The summed E-state index contributed by atoms with van der Waals surface area (Å²) in [5.41, 5.74) is 0. The number of carbonyl (C=O) groups excluding carboxylic acids is 1. The molecule has 2 unspecified atom stereocenters. The monoisotopic (exact) mass is 271 g/mol. The van der Waals surface area contributed by atoms with Gasteiger partial charge in [-0.05, 0) is 24.3 Å². The van der Waals surface area contributed by atoms with Gasteiger partial charge in [-0.2, -0.15) is 0 Å². The molecule has 2 atom stereocenters. The number of thioether (sulfide) groups is 1. The van der Waals surface area contributed by atoms with Crippen molar-refractivity contribution in [3.05, 3.63) is 17.5 Å². The highest BCUT2D eigenvalue weighted by molar-refractivity contribution is 8.01. The maximum absolute atomic E-state index is 11.7. The fourth-order valence-corrected chi connectivity index (χ4v) is 3.61. The second-order valence-corrected chi connectivity index (χ2v) is 6.47. The number of carbonyl (C=O) groups is 1. The zero-order valence-corrected chi connectivity index (χ0v) is 11.2. The van der Waals surface area contributed by atoms with Crippen molar-refractivity contribution in [3.8, 4) is 0 Å². The molecule has 1 aromatic rings. The standard InChI is InChI=1S/C12H17NO2S2/c14-10-5-2-1-4-9(10)13-11(15)8-17-12-6-3-7-16-12/h3,6-7,9-10,14H,1-2,4-5,8H2,(H,13,15). The summed E-state index contributed by atoms with van der Waals surface area (Å²) in [7, 11) is 0. The SMILES string of the molecule is O=C(CSc1cccs1)NC1CCCCC1O. The Bertz CT molecular complexity index is 353. The molecule has 1 fully saturated rings. The molecule has 0 spiro atoms. The van der Waals surface area contributed by atoms with Crippen molar-refractivity contribution in [3.63, 3.8) is 0 Å². The molecule has 1 aliphatic rings. The summed E-state index contributed by atoms with van der Waals surface area (Å²) < 4.78 is 1.16. The van der Waals surface area contributed by atoms with Crippen LogP contribution in [-0.4, -0.2) is 28.9 Å². The van der Waals surface area contributed by atoms with Crippen LogP contribution in [0.25, 0.3) is 0 Å². The molecule has 17 heavy (non-hydrogen) atoms. The number of rotatable bonds is 4. The highest BCUT2D eigenvalue weighted by atomic mass is 32.2. The summed E-state index contributed by atoms with van der Waals surface area (Å²) in [6.45, 7) is 0. The molecular formula is C12H17NO2S2. The minimum absolute atomic E-state index is 0.0225. The van der Waals surface area contributed by atoms with Gasteiger partial charge < -0.3 is 10.4 Å². The van der Waals surface area contributed by atoms with Gasteiger partial charge in [0.05, 0.1) is 22.1 Å². The van der Waals surface area contributed by atoms with Crippen LogP contribution in [0.4, 0.5) is 0 Å². The summed E-state index contributed by atoms with van der Waals surface area (Å²) in [4.78, 5) is 11.7. The first-order chi connectivity index (χ1) is 8.25. The molecule has 0 radical (unpaired) electrons. The predicted molar refractivity (Wildman–Crippen MR) is 71.4 cm³/mol. The first-order valence-electron chi connectivity index (χ1n) is 5.89. The van der Waals surface area contributed by atoms with Crippen molar-refractivity contribution in [2.24, 2.45) is 0 Å². The van der Waals surface area contributed by atoms with E-state index in [2.05, 4.69) is 5.32 Å². The van der Waals surface area contributed by atoms with E-state index in [4.69, 9.17) is 0 Å². The van der Waals surface area contributed by atoms with E-state index in [0.717, 1.165) is 29.9 Å². The van der Waals surface area contributed by atoms with E-state index in [1.807, 2.05) is 17.5 Å². The summed E-state index contributed by atoms with van der Waals surface area (Å²) in [6.07, 6.45) is 3.51. The van der Waals surface area contributed by atoms with E-state index >= 15 is 0 Å². The normalized spacial score (nSPS) is 24.5. The van der Waals surface area contributed by atoms with Gasteiger partial charge in [-0.15, -0.1) is 23.1 Å². The molecular weight excluding hydrogens is 254 g/mol. The third-order valence-corrected chi connectivity index (χ3v) is 5.05. The fourth-order valence-electron chi connectivity index (χ4n) is 2.01. The van der Waals surface area contributed by atoms with Crippen molar-refractivity contribution in [2.75, 3.05) is 5.75 Å². The molecule has 5 heteroatoms. The van der Waals surface area contributed by atoms with E-state index in [-0.39, 0.29) is 18.1 Å². The third kappa shape index (κ3) is 4.01. The van der Waals surface area contributed by atoms with Crippen LogP contribution in [0.15, 0.2) is 21.7 Å². The summed E-state index contributed by atoms with van der Waals surface area (Å²) in [5, 5.41) is 14.7. The highest BCUT2D eigenvalue weighted by Crippen LogP contribution is 2.23. The molecule has 94 valence electrons. The lowest BCUT2D eigenvalue weighted by atomic mass is 9.93. The Balaban J connectivity index is 1.73. The van der Waals surface area contributed by atoms with Gasteiger partial charge in [0.1, 0.15) is 0 Å². The number of nitrogens with one attached hydrogen (secondary N) is 1. The van der Waals surface area contributed by atoms with E-state index in [9.17, 15) is 9.90 Å². The maximum Gasteiger partial charge on any atom is 0.230 e. The zero-order valence-electron chi connectivity index (χ0n) is 9.59. The number of hydrogen-bond donors (Lipinski definition) is 2. The molecule has 2 N–H and O–H groups in total. The van der Waals surface area contributed by atoms with E-state index in [0.29, 0.717) is 5.75 Å². The Kier molecular flexibility index (Phi) is 4.88. The van der Waals surface area contributed by atoms with Crippen LogP contribution >= 0.6 is 23.1 Å². The van der Waals surface area contributed by atoms with E-state index in [1.165, 1.54) is 0 Å². The largest absolute Gasteiger partial charge is 0.391 e. The second kappa shape index (κ2) is 6.42. The van der Waals surface area contributed by atoms with Crippen molar-refractivity contribution in [1.29, 1.82) is 0 Å². The zero-order chi connectivity index (χ0) is 12.1. The van der Waals surface area contributed by atoms with Crippen LogP contribution < -0.4 is 5.32 Å². The molecule has 2 rings (SSSR count). The highest BCUT2D eigenvalue weighted by Gasteiger charge is 2.24.